The van der Waals surface area contributed by atoms with Crippen LogP contribution in [0.5, 0.6) is 0 Å². The lowest BCUT2D eigenvalue weighted by Gasteiger charge is -2.38. The summed E-state index contributed by atoms with van der Waals surface area (Å²) in [5, 5.41) is 9.20. The van der Waals surface area contributed by atoms with Gasteiger partial charge in [0.1, 0.15) is 6.07 Å². The van der Waals surface area contributed by atoms with Gasteiger partial charge in [-0.1, -0.05) is 12.1 Å². The maximum absolute atomic E-state index is 9.20. The first kappa shape index (κ1) is 13.3. The Morgan fingerprint density at radius 3 is 2.33 bits per heavy atom. The van der Waals surface area contributed by atoms with Crippen LogP contribution in [0.1, 0.15) is 5.56 Å². The molecule has 2 aromatic rings. The molecule has 1 aromatic heterocycles. The quantitative estimate of drug-likeness (QED) is 0.908. The zero-order chi connectivity index (χ0) is 14.7. The van der Waals surface area contributed by atoms with Crippen LogP contribution in [-0.2, 0) is 0 Å². The van der Waals surface area contributed by atoms with Crippen LogP contribution in [0.25, 0.3) is 0 Å². The van der Waals surface area contributed by atoms with E-state index in [4.69, 9.17) is 5.73 Å². The predicted octanol–water partition coefficient (Wildman–Crippen LogP) is 1.86. The second-order valence-corrected chi connectivity index (χ2v) is 5.04. The lowest BCUT2D eigenvalue weighted by atomic mass is 10.1. The third kappa shape index (κ3) is 2.61. The van der Waals surface area contributed by atoms with Gasteiger partial charge in [-0.2, -0.15) is 5.26 Å². The highest BCUT2D eigenvalue weighted by Gasteiger charge is 2.20. The smallest absolute Gasteiger partial charge is 0.101 e. The number of anilines is 3. The molecular formula is C16H17N5. The van der Waals surface area contributed by atoms with Crippen LogP contribution >= 0.6 is 0 Å². The van der Waals surface area contributed by atoms with E-state index in [-0.39, 0.29) is 0 Å². The molecule has 1 aromatic carbocycles. The molecule has 0 amide bonds. The molecule has 106 valence electrons. The number of hydrogen-bond donors (Lipinski definition) is 1. The first-order valence-corrected chi connectivity index (χ1v) is 6.98. The molecule has 0 aliphatic carbocycles. The predicted molar refractivity (Wildman–Crippen MR) is 84.2 cm³/mol. The van der Waals surface area contributed by atoms with Crippen molar-refractivity contribution in [2.24, 2.45) is 0 Å². The second-order valence-electron chi connectivity index (χ2n) is 5.04. The molecule has 1 saturated heterocycles. The fraction of sp³-hybridized carbons (Fsp3) is 0.250. The molecular weight excluding hydrogens is 262 g/mol. The van der Waals surface area contributed by atoms with Gasteiger partial charge in [-0.05, 0) is 18.2 Å². The first-order chi connectivity index (χ1) is 10.3. The van der Waals surface area contributed by atoms with Gasteiger partial charge in [0.05, 0.1) is 28.8 Å². The number of nitrogens with two attached hydrogens (primary N) is 1. The highest BCUT2D eigenvalue weighted by molar-refractivity contribution is 5.67. The molecule has 21 heavy (non-hydrogen) atoms. The van der Waals surface area contributed by atoms with Gasteiger partial charge in [0.25, 0.3) is 0 Å². The summed E-state index contributed by atoms with van der Waals surface area (Å²) in [7, 11) is 0. The largest absolute Gasteiger partial charge is 0.396 e. The van der Waals surface area contributed by atoms with Gasteiger partial charge in [0, 0.05) is 32.4 Å². The van der Waals surface area contributed by atoms with Crippen molar-refractivity contribution in [1.82, 2.24) is 4.98 Å². The van der Waals surface area contributed by atoms with E-state index in [9.17, 15) is 5.26 Å². The number of nitrogen functional groups attached to an aromatic ring is 1. The van der Waals surface area contributed by atoms with Crippen molar-refractivity contribution in [3.8, 4) is 6.07 Å². The molecule has 1 fully saturated rings. The summed E-state index contributed by atoms with van der Waals surface area (Å²) in [6, 6.07) is 12.0. The monoisotopic (exact) mass is 279 g/mol. The van der Waals surface area contributed by atoms with Crippen molar-refractivity contribution in [2.75, 3.05) is 41.7 Å². The molecule has 0 atom stereocenters. The average molecular weight is 279 g/mol. The van der Waals surface area contributed by atoms with E-state index >= 15 is 0 Å². The molecule has 3 rings (SSSR count). The number of nitriles is 1. The molecule has 5 heteroatoms. The molecule has 0 saturated carbocycles. The van der Waals surface area contributed by atoms with Gasteiger partial charge in [-0.3, -0.25) is 4.98 Å². The number of piperazine rings is 1. The van der Waals surface area contributed by atoms with Crippen molar-refractivity contribution in [1.29, 1.82) is 5.26 Å². The summed E-state index contributed by atoms with van der Waals surface area (Å²) in [6.45, 7) is 3.52. The zero-order valence-electron chi connectivity index (χ0n) is 11.7. The van der Waals surface area contributed by atoms with Crippen LogP contribution in [0.2, 0.25) is 0 Å². The van der Waals surface area contributed by atoms with Gasteiger partial charge >= 0.3 is 0 Å². The van der Waals surface area contributed by atoms with Crippen LogP contribution in [0.15, 0.2) is 42.7 Å². The zero-order valence-corrected chi connectivity index (χ0v) is 11.7. The Morgan fingerprint density at radius 2 is 1.67 bits per heavy atom. The SMILES string of the molecule is N#Cc1ccccc1N1CCN(c2ccncc2N)CC1. The minimum Gasteiger partial charge on any atom is -0.396 e. The maximum atomic E-state index is 9.20. The second kappa shape index (κ2) is 5.71. The van der Waals surface area contributed by atoms with Crippen molar-refractivity contribution < 1.29 is 0 Å². The number of para-hydroxylation sites is 1. The number of benzene rings is 1. The Bertz CT molecular complexity index is 668. The van der Waals surface area contributed by atoms with E-state index in [1.807, 2.05) is 30.3 Å². The third-order valence-electron chi connectivity index (χ3n) is 3.81. The Morgan fingerprint density at radius 1 is 1.00 bits per heavy atom. The van der Waals surface area contributed by atoms with E-state index in [0.29, 0.717) is 5.69 Å². The van der Waals surface area contributed by atoms with Crippen molar-refractivity contribution in [3.63, 3.8) is 0 Å². The number of nitrogens with zero attached hydrogens (tertiary/aromatic N) is 4. The minimum absolute atomic E-state index is 0.711. The summed E-state index contributed by atoms with van der Waals surface area (Å²) in [5.74, 6) is 0. The first-order valence-electron chi connectivity index (χ1n) is 6.98. The highest BCUT2D eigenvalue weighted by Crippen LogP contribution is 2.25. The Hall–Kier alpha value is -2.74. The van der Waals surface area contributed by atoms with Crippen molar-refractivity contribution in [2.45, 2.75) is 0 Å². The van der Waals surface area contributed by atoms with E-state index in [1.54, 1.807) is 12.4 Å². The number of rotatable bonds is 2. The van der Waals surface area contributed by atoms with Crippen molar-refractivity contribution in [3.05, 3.63) is 48.3 Å². The minimum atomic E-state index is 0.711. The molecule has 0 unspecified atom stereocenters. The molecule has 1 aliphatic rings. The molecule has 0 radical (unpaired) electrons. The summed E-state index contributed by atoms with van der Waals surface area (Å²) in [4.78, 5) is 8.55. The summed E-state index contributed by atoms with van der Waals surface area (Å²) in [6.07, 6.45) is 3.45. The average Bonchev–Trinajstić information content (AvgIpc) is 2.55. The Balaban J connectivity index is 1.74. The van der Waals surface area contributed by atoms with Gasteiger partial charge in [0.2, 0.25) is 0 Å². The Labute approximate surface area is 124 Å². The fourth-order valence-electron chi connectivity index (χ4n) is 2.72. The molecule has 2 heterocycles. The number of hydrogen-bond acceptors (Lipinski definition) is 5. The number of pyridine rings is 1. The third-order valence-corrected chi connectivity index (χ3v) is 3.81. The molecule has 0 spiro atoms. The van der Waals surface area contributed by atoms with Gasteiger partial charge < -0.3 is 15.5 Å². The fourth-order valence-corrected chi connectivity index (χ4v) is 2.72. The molecule has 1 aliphatic heterocycles. The van der Waals surface area contributed by atoms with Crippen LogP contribution in [-0.4, -0.2) is 31.2 Å². The number of aromatic nitrogens is 1. The standard InChI is InChI=1S/C16H17N5/c17-11-13-3-1-2-4-15(13)20-7-9-21(10-8-20)16-5-6-19-12-14(16)18/h1-6,12H,7-10,18H2. The van der Waals surface area contributed by atoms with Gasteiger partial charge in [0.15, 0.2) is 0 Å². The topological polar surface area (TPSA) is 69.2 Å². The maximum Gasteiger partial charge on any atom is 0.101 e. The van der Waals surface area contributed by atoms with E-state index < -0.39 is 0 Å². The van der Waals surface area contributed by atoms with E-state index in [2.05, 4.69) is 20.9 Å². The highest BCUT2D eigenvalue weighted by atomic mass is 15.3. The van der Waals surface area contributed by atoms with Crippen LogP contribution < -0.4 is 15.5 Å². The molecule has 0 bridgehead atoms. The van der Waals surface area contributed by atoms with Gasteiger partial charge in [-0.25, -0.2) is 0 Å². The Kier molecular flexibility index (Phi) is 3.61. The van der Waals surface area contributed by atoms with Crippen LogP contribution in [0.4, 0.5) is 17.1 Å². The van der Waals surface area contributed by atoms with E-state index in [0.717, 1.165) is 43.1 Å². The summed E-state index contributed by atoms with van der Waals surface area (Å²) in [5.41, 5.74) is 9.48. The van der Waals surface area contributed by atoms with E-state index in [1.165, 1.54) is 0 Å². The lowest BCUT2D eigenvalue weighted by molar-refractivity contribution is 0.653. The van der Waals surface area contributed by atoms with Crippen molar-refractivity contribution >= 4 is 17.1 Å². The molecule has 2 N–H and O–H groups in total. The normalized spacial score (nSPS) is 14.8. The van der Waals surface area contributed by atoms with Gasteiger partial charge in [-0.15, -0.1) is 0 Å². The summed E-state index contributed by atoms with van der Waals surface area (Å²) >= 11 is 0. The van der Waals surface area contributed by atoms with Crippen LogP contribution in [0.3, 0.4) is 0 Å². The summed E-state index contributed by atoms with van der Waals surface area (Å²) < 4.78 is 0. The molecule has 5 nitrogen and oxygen atoms in total. The lowest BCUT2D eigenvalue weighted by Crippen LogP contribution is -2.47. The van der Waals surface area contributed by atoms with Crippen LogP contribution in [0, 0.1) is 11.3 Å².